The number of carboxylic acid groups (broad SMARTS) is 3. The first-order valence-electron chi connectivity index (χ1n) is 34.6. The number of thioether (sulfide) groups is 1. The van der Waals surface area contributed by atoms with Gasteiger partial charge >= 0.3 is 17.9 Å². The summed E-state index contributed by atoms with van der Waals surface area (Å²) >= 11 is 1.34. The third kappa shape index (κ3) is 27.4. The molecule has 38 heteroatoms. The number of primary amides is 1. The summed E-state index contributed by atoms with van der Waals surface area (Å²) in [6, 6.07) is -3.24. The molecule has 0 aliphatic carbocycles. The van der Waals surface area contributed by atoms with Gasteiger partial charge in [0.1, 0.15) is 84.0 Å². The molecule has 590 valence electrons. The Hall–Kier alpha value is -11.0. The maximum atomic E-state index is 14.9. The molecule has 37 nitrogen and oxygen atoms in total. The first-order valence-corrected chi connectivity index (χ1v) is 36.0. The van der Waals surface area contributed by atoms with Crippen LogP contribution in [0.1, 0.15) is 102 Å². The van der Waals surface area contributed by atoms with E-state index >= 15 is 0 Å². The number of nitrogens with one attached hydrogen (secondary N) is 11. The Morgan fingerprint density at radius 2 is 1.01 bits per heavy atom. The van der Waals surface area contributed by atoms with Crippen LogP contribution >= 0.6 is 11.8 Å². The molecule has 0 unspecified atom stereocenters. The number of phenolic OH excluding ortho intramolecular Hbond substituents is 2. The van der Waals surface area contributed by atoms with Crippen LogP contribution in [0, 0.1) is 5.92 Å². The van der Waals surface area contributed by atoms with E-state index < -0.39 is 225 Å². The van der Waals surface area contributed by atoms with Gasteiger partial charge < -0.3 is 115 Å². The number of aromatic amines is 1. The van der Waals surface area contributed by atoms with Crippen molar-refractivity contribution >= 4 is 111 Å². The highest BCUT2D eigenvalue weighted by Gasteiger charge is 2.42. The number of benzene rings is 3. The Morgan fingerprint density at radius 1 is 0.537 bits per heavy atom. The predicted octanol–water partition coefficient (Wildman–Crippen LogP) is -3.98. The van der Waals surface area contributed by atoms with Gasteiger partial charge in [0.2, 0.25) is 70.9 Å². The zero-order valence-corrected chi connectivity index (χ0v) is 60.8. The number of hydrogen-bond acceptors (Lipinski definition) is 22. The molecule has 2 heterocycles. The number of rotatable bonds is 44. The third-order valence-electron chi connectivity index (χ3n) is 17.4. The number of aliphatic hydroxyl groups excluding tert-OH is 3. The number of aliphatic carboxylic acids is 3. The van der Waals surface area contributed by atoms with E-state index in [9.17, 15) is 113 Å². The van der Waals surface area contributed by atoms with E-state index in [1.165, 1.54) is 73.4 Å². The van der Waals surface area contributed by atoms with Crippen molar-refractivity contribution in [1.82, 2.24) is 63.1 Å². The molecule has 0 bridgehead atoms. The van der Waals surface area contributed by atoms with Crippen molar-refractivity contribution < 1.29 is 113 Å². The monoisotopic (exact) mass is 1530 g/mol. The molecule has 1 saturated heterocycles. The van der Waals surface area contributed by atoms with Gasteiger partial charge in [-0.05, 0) is 117 Å². The van der Waals surface area contributed by atoms with Gasteiger partial charge in [-0.25, -0.2) is 4.79 Å². The molecular weight excluding hydrogens is 1440 g/mol. The number of phenols is 2. The summed E-state index contributed by atoms with van der Waals surface area (Å²) in [6.07, 6.45) is -5.14. The first-order chi connectivity index (χ1) is 51.0. The van der Waals surface area contributed by atoms with Crippen LogP contribution in [-0.4, -0.2) is 249 Å². The van der Waals surface area contributed by atoms with Crippen molar-refractivity contribution in [2.45, 2.75) is 189 Å². The number of fused-ring (bicyclic) bond motifs is 1. The quantitative estimate of drug-likeness (QED) is 0.0201. The second kappa shape index (κ2) is 42.4. The van der Waals surface area contributed by atoms with Gasteiger partial charge in [-0.3, -0.25) is 67.1 Å². The van der Waals surface area contributed by atoms with E-state index in [-0.39, 0.29) is 61.6 Å². The molecule has 1 aliphatic rings. The molecule has 23 N–H and O–H groups in total. The number of carbonyl (C=O) groups is 15. The fourth-order valence-corrected chi connectivity index (χ4v) is 12.0. The van der Waals surface area contributed by atoms with Crippen LogP contribution in [0.2, 0.25) is 0 Å². The molecular formula is C70H96N14O23S. The van der Waals surface area contributed by atoms with Crippen molar-refractivity contribution in [2.75, 3.05) is 25.2 Å². The van der Waals surface area contributed by atoms with Crippen molar-refractivity contribution in [3.8, 4) is 11.5 Å². The Morgan fingerprint density at radius 3 is 1.53 bits per heavy atom. The van der Waals surface area contributed by atoms with Crippen LogP contribution in [0.3, 0.4) is 0 Å². The summed E-state index contributed by atoms with van der Waals surface area (Å²) in [4.78, 5) is 210. The zero-order chi connectivity index (χ0) is 80.2. The second-order valence-corrected chi connectivity index (χ2v) is 27.5. The smallest absolute Gasteiger partial charge is 0.326 e. The molecule has 5 rings (SSSR count). The van der Waals surface area contributed by atoms with Gasteiger partial charge in [0, 0.05) is 55.7 Å². The number of para-hydroxylation sites is 1. The number of carboxylic acids is 3. The first kappa shape index (κ1) is 87.7. The van der Waals surface area contributed by atoms with Gasteiger partial charge in [0.05, 0.1) is 25.2 Å². The van der Waals surface area contributed by atoms with Crippen LogP contribution in [0.4, 0.5) is 0 Å². The summed E-state index contributed by atoms with van der Waals surface area (Å²) in [5.41, 5.74) is 12.7. The Bertz CT molecular complexity index is 3840. The van der Waals surface area contributed by atoms with Crippen molar-refractivity contribution in [3.05, 3.63) is 95.7 Å². The minimum atomic E-state index is -2.19. The highest BCUT2D eigenvalue weighted by atomic mass is 32.2. The summed E-state index contributed by atoms with van der Waals surface area (Å²) in [5.74, 6) is -18.3. The van der Waals surface area contributed by atoms with E-state index in [0.29, 0.717) is 27.8 Å². The number of aliphatic hydroxyl groups is 3. The molecule has 0 saturated carbocycles. The van der Waals surface area contributed by atoms with Crippen molar-refractivity contribution in [2.24, 2.45) is 17.4 Å². The number of aromatic nitrogens is 1. The number of nitrogens with zero attached hydrogens (tertiary/aromatic N) is 1. The SMILES string of the molecule is CSCC[C@H](NC(=O)[C@H](CC(C)C)NC(=O)[C@H](Cc1ccc(O)cc1)NC(=O)[C@@H](NC(=O)[C@H](CCC(N)=O)NC(=O)[C@H](Cc1c[nH]c2ccccc12)NC(=O)[C@H](CC(=O)O)NC(=O)[C@H](CCC(=O)O)NC(=O)[C@H](Cc1ccc(O)cc1)NC(=O)[C@@H]1CCCN1C(=O)[C@H](CO)NC(=O)[C@@H](N)[C@@H](C)O)[C@@H](C)O)C(=O)O. The van der Waals surface area contributed by atoms with Gasteiger partial charge in [-0.2, -0.15) is 11.8 Å². The predicted molar refractivity (Wildman–Crippen MR) is 386 cm³/mol. The fourth-order valence-electron chi connectivity index (χ4n) is 11.6. The lowest BCUT2D eigenvalue weighted by atomic mass is 10.00. The molecule has 1 fully saturated rings. The van der Waals surface area contributed by atoms with Crippen LogP contribution in [0.25, 0.3) is 10.9 Å². The number of hydrogen-bond donors (Lipinski definition) is 21. The minimum Gasteiger partial charge on any atom is -0.508 e. The molecule has 1 aliphatic heterocycles. The number of likely N-dealkylation sites (tertiary alicyclic amines) is 1. The van der Waals surface area contributed by atoms with Gasteiger partial charge in [-0.15, -0.1) is 0 Å². The van der Waals surface area contributed by atoms with Crippen LogP contribution in [0.5, 0.6) is 11.5 Å². The average Bonchev–Trinajstić information content (AvgIpc) is 1.58. The molecule has 14 atom stereocenters. The van der Waals surface area contributed by atoms with Crippen LogP contribution < -0.4 is 64.6 Å². The molecule has 108 heavy (non-hydrogen) atoms. The molecule has 3 aromatic carbocycles. The van der Waals surface area contributed by atoms with Crippen molar-refractivity contribution in [3.63, 3.8) is 0 Å². The zero-order valence-electron chi connectivity index (χ0n) is 60.0. The number of aromatic hydroxyl groups is 2. The maximum absolute atomic E-state index is 14.9. The van der Waals surface area contributed by atoms with Gasteiger partial charge in [0.25, 0.3) is 0 Å². The molecule has 4 aromatic rings. The summed E-state index contributed by atoms with van der Waals surface area (Å²) in [7, 11) is 0. The Labute approximate surface area is 624 Å². The van der Waals surface area contributed by atoms with Gasteiger partial charge in [-0.1, -0.05) is 56.3 Å². The van der Waals surface area contributed by atoms with E-state index in [1.807, 2.05) is 0 Å². The maximum Gasteiger partial charge on any atom is 0.326 e. The number of H-pyrrole nitrogens is 1. The number of nitrogens with two attached hydrogens (primary N) is 2. The second-order valence-electron chi connectivity index (χ2n) is 26.5. The number of amides is 12. The third-order valence-corrected chi connectivity index (χ3v) is 18.1. The lowest BCUT2D eigenvalue weighted by Gasteiger charge is -2.30. The standard InChI is InChI=1S/C70H96N14O23S/c1-34(2)27-47(61(97)76-46(70(106)107)24-26-108-5)77-63(99)49(29-38-14-18-41(89)19-15-38)81-68(104)58(36(4)87)83-60(96)44(20-22-54(71)90)74-64(100)50(30-39-32-73-43-10-7-6-9-42(39)43)78-65(101)51(31-56(93)94)79-59(95)45(21-23-55(91)92)75-62(98)48(28-37-12-16-40(88)17-13-37)80-66(102)53-11-8-25-84(53)69(105)52(33-85)82-67(103)57(72)35(3)86/h6-7,9-10,12-19,32,34-36,44-53,57-58,73,85-89H,8,11,20-31,33,72H2,1-5H3,(H2,71,90)(H,74,100)(H,75,98)(H,76,97)(H,77,99)(H,78,101)(H,79,95)(H,80,102)(H,81,104)(H,82,103)(H,83,96)(H,91,92)(H,93,94)(H,106,107)/t35-,36-,44+,45+,46+,47+,48+,49+,50+,51+,52+,53+,57+,58+/m1/s1. The van der Waals surface area contributed by atoms with Crippen molar-refractivity contribution in [1.29, 1.82) is 0 Å². The molecule has 12 amide bonds. The Kier molecular flexibility index (Phi) is 34.4. The van der Waals surface area contributed by atoms with Crippen LogP contribution in [-0.2, 0) is 91.2 Å². The molecule has 1 aromatic heterocycles. The van der Waals surface area contributed by atoms with E-state index in [1.54, 1.807) is 44.4 Å². The van der Waals surface area contributed by atoms with E-state index in [2.05, 4.69) is 58.2 Å². The fraction of sp³-hybridized carbons (Fsp3) is 0.500. The molecule has 0 spiro atoms. The number of carbonyl (C=O) groups excluding carboxylic acids is 12. The lowest BCUT2D eigenvalue weighted by molar-refractivity contribution is -0.143. The minimum absolute atomic E-state index is 0.0107. The topological polar surface area (TPSA) is 609 Å². The highest BCUT2D eigenvalue weighted by Crippen LogP contribution is 2.23. The lowest BCUT2D eigenvalue weighted by Crippen LogP contribution is -2.62. The summed E-state index contributed by atoms with van der Waals surface area (Å²) in [5, 5.41) is 106. The Balaban J connectivity index is 1.45. The summed E-state index contributed by atoms with van der Waals surface area (Å²) in [6.45, 7) is 4.71. The van der Waals surface area contributed by atoms with E-state index in [4.69, 9.17) is 11.5 Å². The normalized spacial score (nSPS) is 16.3. The van der Waals surface area contributed by atoms with E-state index in [0.717, 1.165) is 11.8 Å². The highest BCUT2D eigenvalue weighted by molar-refractivity contribution is 7.98. The van der Waals surface area contributed by atoms with Gasteiger partial charge in [0.15, 0.2) is 0 Å². The van der Waals surface area contributed by atoms with Crippen LogP contribution in [0.15, 0.2) is 79.0 Å². The molecule has 0 radical (unpaired) electrons. The largest absolute Gasteiger partial charge is 0.508 e. The summed E-state index contributed by atoms with van der Waals surface area (Å²) < 4.78 is 0. The average molecular weight is 1530 g/mol.